The van der Waals surface area contributed by atoms with Crippen molar-refractivity contribution < 1.29 is 13.2 Å². The maximum absolute atomic E-state index is 12.0. The van der Waals surface area contributed by atoms with Crippen molar-refractivity contribution in [2.24, 2.45) is 0 Å². The maximum Gasteiger partial charge on any atom is 0.258 e. The number of nitrogens with zero attached hydrogens (tertiary/aromatic N) is 3. The van der Waals surface area contributed by atoms with Crippen molar-refractivity contribution in [2.45, 2.75) is 12.5 Å². The predicted molar refractivity (Wildman–Crippen MR) is 91.9 cm³/mol. The van der Waals surface area contributed by atoms with Crippen molar-refractivity contribution in [3.05, 3.63) is 48.4 Å². The van der Waals surface area contributed by atoms with Crippen LogP contribution in [0.1, 0.15) is 16.8 Å². The number of anilines is 2. The summed E-state index contributed by atoms with van der Waals surface area (Å²) in [4.78, 5) is 22.1. The minimum absolute atomic E-state index is 0.0346. The molecule has 2 aromatic heterocycles. The third-order valence-corrected chi connectivity index (χ3v) is 5.83. The lowest BCUT2D eigenvalue weighted by atomic mass is 10.2. The molecule has 0 spiro atoms. The van der Waals surface area contributed by atoms with Crippen LogP contribution >= 0.6 is 0 Å². The highest BCUT2D eigenvalue weighted by molar-refractivity contribution is 7.91. The average Bonchev–Trinajstić information content (AvgIpc) is 2.95. The van der Waals surface area contributed by atoms with Crippen LogP contribution in [0.15, 0.2) is 42.9 Å². The summed E-state index contributed by atoms with van der Waals surface area (Å²) in [6, 6.07) is 6.84. The molecule has 0 radical (unpaired) electrons. The fourth-order valence-corrected chi connectivity index (χ4v) is 4.42. The van der Waals surface area contributed by atoms with Gasteiger partial charge in [-0.25, -0.2) is 13.4 Å². The highest BCUT2D eigenvalue weighted by Gasteiger charge is 2.30. The molecule has 24 heavy (non-hydrogen) atoms. The van der Waals surface area contributed by atoms with E-state index in [1.165, 1.54) is 6.20 Å². The number of sulfone groups is 1. The molecule has 0 saturated carbocycles. The monoisotopic (exact) mass is 346 g/mol. The van der Waals surface area contributed by atoms with E-state index >= 15 is 0 Å². The second kappa shape index (κ2) is 6.56. The van der Waals surface area contributed by atoms with Crippen LogP contribution < -0.4 is 10.2 Å². The first-order chi connectivity index (χ1) is 11.4. The quantitative estimate of drug-likeness (QED) is 0.898. The molecule has 1 aliphatic heterocycles. The summed E-state index contributed by atoms with van der Waals surface area (Å²) in [5.74, 6) is 0.552. The van der Waals surface area contributed by atoms with Gasteiger partial charge in [0.2, 0.25) is 0 Å². The molecule has 1 atom stereocenters. The highest BCUT2D eigenvalue weighted by atomic mass is 32.2. The first-order valence-corrected chi connectivity index (χ1v) is 9.37. The standard InChI is InChI=1S/C16H18N4O3S/c1-20(14-6-8-24(22,23)11-14)13-4-5-15(18-10-13)19-16(21)12-3-2-7-17-9-12/h2-5,7,9-10,14H,6,8,11H2,1H3,(H,18,19,21). The summed E-state index contributed by atoms with van der Waals surface area (Å²) in [5.41, 5.74) is 1.27. The van der Waals surface area contributed by atoms with Gasteiger partial charge in [-0.3, -0.25) is 9.78 Å². The van der Waals surface area contributed by atoms with Crippen LogP contribution in [-0.4, -0.2) is 48.9 Å². The molecule has 1 saturated heterocycles. The Labute approximate surface area is 140 Å². The topological polar surface area (TPSA) is 92.3 Å². The molecule has 0 aliphatic carbocycles. The molecule has 2 aromatic rings. The van der Waals surface area contributed by atoms with Gasteiger partial charge in [0.05, 0.1) is 29.0 Å². The summed E-state index contributed by atoms with van der Waals surface area (Å²) in [7, 11) is -1.07. The zero-order valence-electron chi connectivity index (χ0n) is 13.2. The summed E-state index contributed by atoms with van der Waals surface area (Å²) in [6.45, 7) is 0. The summed E-state index contributed by atoms with van der Waals surface area (Å²) < 4.78 is 23.2. The van der Waals surface area contributed by atoms with Crippen molar-refractivity contribution in [3.63, 3.8) is 0 Å². The summed E-state index contributed by atoms with van der Waals surface area (Å²) in [5, 5.41) is 2.70. The number of amides is 1. The molecule has 0 bridgehead atoms. The molecule has 3 rings (SSSR count). The molecule has 3 heterocycles. The van der Waals surface area contributed by atoms with Gasteiger partial charge in [0.1, 0.15) is 5.82 Å². The minimum Gasteiger partial charge on any atom is -0.369 e. The van der Waals surface area contributed by atoms with Gasteiger partial charge in [0.25, 0.3) is 5.91 Å². The molecule has 8 heteroatoms. The number of rotatable bonds is 4. The molecule has 0 aromatic carbocycles. The van der Waals surface area contributed by atoms with Crippen LogP contribution in [0, 0.1) is 0 Å². The number of hydrogen-bond acceptors (Lipinski definition) is 6. The summed E-state index contributed by atoms with van der Waals surface area (Å²) in [6.07, 6.45) is 5.34. The number of pyridine rings is 2. The lowest BCUT2D eigenvalue weighted by Gasteiger charge is -2.25. The SMILES string of the molecule is CN(c1ccc(NC(=O)c2cccnc2)nc1)C1CCS(=O)(=O)C1. The molecule has 126 valence electrons. The molecule has 7 nitrogen and oxygen atoms in total. The number of nitrogens with one attached hydrogen (secondary N) is 1. The second-order valence-electron chi connectivity index (χ2n) is 5.77. The molecular weight excluding hydrogens is 328 g/mol. The van der Waals surface area contributed by atoms with E-state index in [2.05, 4.69) is 15.3 Å². The van der Waals surface area contributed by atoms with Gasteiger partial charge in [-0.1, -0.05) is 0 Å². The van der Waals surface area contributed by atoms with Gasteiger partial charge < -0.3 is 10.2 Å². The van der Waals surface area contributed by atoms with E-state index in [0.29, 0.717) is 17.8 Å². The third-order valence-electron chi connectivity index (χ3n) is 4.08. The van der Waals surface area contributed by atoms with Gasteiger partial charge in [0.15, 0.2) is 9.84 Å². The largest absolute Gasteiger partial charge is 0.369 e. The smallest absolute Gasteiger partial charge is 0.258 e. The zero-order valence-corrected chi connectivity index (χ0v) is 14.0. The highest BCUT2D eigenvalue weighted by Crippen LogP contribution is 2.23. The Bertz CT molecular complexity index is 822. The number of carbonyl (C=O) groups excluding carboxylic acids is 1. The lowest BCUT2D eigenvalue weighted by molar-refractivity contribution is 0.102. The van der Waals surface area contributed by atoms with Crippen LogP contribution in [0.25, 0.3) is 0 Å². The van der Waals surface area contributed by atoms with Gasteiger partial charge in [-0.15, -0.1) is 0 Å². The van der Waals surface area contributed by atoms with Crippen molar-refractivity contribution in [1.82, 2.24) is 9.97 Å². The van der Waals surface area contributed by atoms with Crippen LogP contribution in [0.2, 0.25) is 0 Å². The number of aromatic nitrogens is 2. The van der Waals surface area contributed by atoms with Crippen LogP contribution in [0.5, 0.6) is 0 Å². The lowest BCUT2D eigenvalue weighted by Crippen LogP contribution is -2.32. The number of carbonyl (C=O) groups is 1. The minimum atomic E-state index is -2.93. The average molecular weight is 346 g/mol. The van der Waals surface area contributed by atoms with Crippen LogP contribution in [0.3, 0.4) is 0 Å². The van der Waals surface area contributed by atoms with E-state index in [-0.39, 0.29) is 23.5 Å². The van der Waals surface area contributed by atoms with Crippen LogP contribution in [0.4, 0.5) is 11.5 Å². The molecule has 1 unspecified atom stereocenters. The van der Waals surface area contributed by atoms with E-state index in [4.69, 9.17) is 0 Å². The molecule has 1 N–H and O–H groups in total. The first-order valence-electron chi connectivity index (χ1n) is 7.55. The molecule has 1 amide bonds. The fraction of sp³-hybridized carbons (Fsp3) is 0.312. The Morgan fingerprint density at radius 1 is 1.29 bits per heavy atom. The fourth-order valence-electron chi connectivity index (χ4n) is 2.65. The van der Waals surface area contributed by atoms with E-state index in [0.717, 1.165) is 5.69 Å². The Morgan fingerprint density at radius 3 is 2.71 bits per heavy atom. The maximum atomic E-state index is 12.0. The molecule has 1 aliphatic rings. The first kappa shape index (κ1) is 16.4. The normalized spacial score (nSPS) is 19.0. The van der Waals surface area contributed by atoms with Crippen molar-refractivity contribution in [2.75, 3.05) is 28.8 Å². The van der Waals surface area contributed by atoms with E-state index in [9.17, 15) is 13.2 Å². The van der Waals surface area contributed by atoms with E-state index < -0.39 is 9.84 Å². The van der Waals surface area contributed by atoms with E-state index in [1.807, 2.05) is 18.0 Å². The van der Waals surface area contributed by atoms with E-state index in [1.54, 1.807) is 30.6 Å². The zero-order chi connectivity index (χ0) is 17.2. The van der Waals surface area contributed by atoms with Gasteiger partial charge in [-0.05, 0) is 30.7 Å². The summed E-state index contributed by atoms with van der Waals surface area (Å²) >= 11 is 0. The second-order valence-corrected chi connectivity index (χ2v) is 7.99. The predicted octanol–water partition coefficient (Wildman–Crippen LogP) is 1.35. The van der Waals surface area contributed by atoms with Crippen molar-refractivity contribution >= 4 is 27.2 Å². The van der Waals surface area contributed by atoms with Gasteiger partial charge in [-0.2, -0.15) is 0 Å². The third kappa shape index (κ3) is 3.70. The molecule has 1 fully saturated rings. The number of hydrogen-bond donors (Lipinski definition) is 1. The molecular formula is C16H18N4O3S. The van der Waals surface area contributed by atoms with Gasteiger partial charge in [0, 0.05) is 25.5 Å². The van der Waals surface area contributed by atoms with Crippen LogP contribution in [-0.2, 0) is 9.84 Å². The Hall–Kier alpha value is -2.48. The van der Waals surface area contributed by atoms with Crippen molar-refractivity contribution in [1.29, 1.82) is 0 Å². The Morgan fingerprint density at radius 2 is 2.12 bits per heavy atom. The Balaban J connectivity index is 1.66. The van der Waals surface area contributed by atoms with Gasteiger partial charge >= 0.3 is 0 Å². The Kier molecular flexibility index (Phi) is 4.48. The van der Waals surface area contributed by atoms with Crippen molar-refractivity contribution in [3.8, 4) is 0 Å².